The van der Waals surface area contributed by atoms with Gasteiger partial charge in [0.2, 0.25) is 0 Å². The molecule has 1 aliphatic heterocycles. The highest BCUT2D eigenvalue weighted by molar-refractivity contribution is 5.94. The highest BCUT2D eigenvalue weighted by Gasteiger charge is 2.29. The Hall–Kier alpha value is -2.04. The molecule has 1 aromatic rings. The van der Waals surface area contributed by atoms with Gasteiger partial charge in [-0.3, -0.25) is 4.79 Å². The van der Waals surface area contributed by atoms with Crippen LogP contribution in [0.4, 0.5) is 4.79 Å². The smallest absolute Gasteiger partial charge is 0.317 e. The molecule has 2 aliphatic rings. The first-order valence-corrected chi connectivity index (χ1v) is 7.55. The zero-order valence-corrected chi connectivity index (χ0v) is 12.3. The fourth-order valence-electron chi connectivity index (χ4n) is 2.57. The van der Waals surface area contributed by atoms with Crippen molar-refractivity contribution in [3.05, 3.63) is 35.4 Å². The minimum absolute atomic E-state index is 0.0140. The maximum atomic E-state index is 12.4. The number of nitrogens with one attached hydrogen (secondary N) is 1. The van der Waals surface area contributed by atoms with Crippen molar-refractivity contribution in [2.24, 2.45) is 0 Å². The number of nitrogens with zero attached hydrogens (tertiary/aromatic N) is 2. The molecule has 3 rings (SSSR count). The van der Waals surface area contributed by atoms with Crippen molar-refractivity contribution >= 4 is 11.9 Å². The predicted molar refractivity (Wildman–Crippen MR) is 80.2 cm³/mol. The van der Waals surface area contributed by atoms with E-state index in [-0.39, 0.29) is 11.9 Å². The van der Waals surface area contributed by atoms with Crippen LogP contribution in [0.5, 0.6) is 0 Å². The fraction of sp³-hybridized carbons (Fsp3) is 0.500. The van der Waals surface area contributed by atoms with Crippen LogP contribution in [0.2, 0.25) is 0 Å². The van der Waals surface area contributed by atoms with E-state index < -0.39 is 0 Å². The van der Waals surface area contributed by atoms with Gasteiger partial charge in [0.25, 0.3) is 5.91 Å². The van der Waals surface area contributed by atoms with Gasteiger partial charge in [-0.25, -0.2) is 4.79 Å². The number of amides is 3. The minimum atomic E-state index is 0.0140. The Morgan fingerprint density at radius 3 is 2.38 bits per heavy atom. The lowest BCUT2D eigenvalue weighted by atomic mass is 10.1. The average Bonchev–Trinajstić information content (AvgIpc) is 3.30. The molecule has 0 bridgehead atoms. The highest BCUT2D eigenvalue weighted by Crippen LogP contribution is 2.19. The Morgan fingerprint density at radius 2 is 1.76 bits per heavy atom. The molecule has 1 saturated heterocycles. The monoisotopic (exact) mass is 287 g/mol. The largest absolute Gasteiger partial charge is 0.335 e. The molecule has 0 atom stereocenters. The maximum absolute atomic E-state index is 12.4. The second-order valence-corrected chi connectivity index (χ2v) is 5.87. The van der Waals surface area contributed by atoms with Crippen LogP contribution in [0.25, 0.3) is 0 Å². The molecule has 1 heterocycles. The van der Waals surface area contributed by atoms with Crippen molar-refractivity contribution in [1.82, 2.24) is 15.1 Å². The zero-order chi connectivity index (χ0) is 14.8. The number of carbonyl (C=O) groups excluding carboxylic acids is 2. The SMILES string of the molecule is Cc1cccc(C(=O)N2CCN(C(=O)NC3CC3)CC2)c1. The maximum Gasteiger partial charge on any atom is 0.317 e. The van der Waals surface area contributed by atoms with Gasteiger partial charge in [-0.15, -0.1) is 0 Å². The van der Waals surface area contributed by atoms with E-state index in [4.69, 9.17) is 0 Å². The van der Waals surface area contributed by atoms with Crippen LogP contribution in [0, 0.1) is 6.92 Å². The molecule has 1 aromatic carbocycles. The van der Waals surface area contributed by atoms with E-state index in [1.807, 2.05) is 36.1 Å². The summed E-state index contributed by atoms with van der Waals surface area (Å²) in [7, 11) is 0. The lowest BCUT2D eigenvalue weighted by Gasteiger charge is -2.34. The van der Waals surface area contributed by atoms with E-state index in [1.165, 1.54) is 0 Å². The molecule has 0 unspecified atom stereocenters. The summed E-state index contributed by atoms with van der Waals surface area (Å²) in [5, 5.41) is 2.99. The molecule has 3 amide bonds. The van der Waals surface area contributed by atoms with E-state index in [0.717, 1.165) is 24.0 Å². The van der Waals surface area contributed by atoms with Crippen molar-refractivity contribution in [3.8, 4) is 0 Å². The van der Waals surface area contributed by atoms with Crippen LogP contribution in [0.3, 0.4) is 0 Å². The summed E-state index contributed by atoms with van der Waals surface area (Å²) in [6.07, 6.45) is 2.19. The van der Waals surface area contributed by atoms with Gasteiger partial charge in [-0.2, -0.15) is 0 Å². The van der Waals surface area contributed by atoms with Gasteiger partial charge in [0, 0.05) is 37.8 Å². The molecule has 1 saturated carbocycles. The number of hydrogen-bond donors (Lipinski definition) is 1. The molecule has 0 aromatic heterocycles. The van der Waals surface area contributed by atoms with Gasteiger partial charge in [0.1, 0.15) is 0 Å². The van der Waals surface area contributed by atoms with Gasteiger partial charge in [0.05, 0.1) is 0 Å². The molecule has 1 N–H and O–H groups in total. The van der Waals surface area contributed by atoms with Crippen molar-refractivity contribution in [3.63, 3.8) is 0 Å². The molecule has 21 heavy (non-hydrogen) atoms. The first-order chi connectivity index (χ1) is 10.1. The third kappa shape index (κ3) is 3.35. The van der Waals surface area contributed by atoms with E-state index >= 15 is 0 Å². The van der Waals surface area contributed by atoms with E-state index in [9.17, 15) is 9.59 Å². The molecular formula is C16H21N3O2. The first-order valence-electron chi connectivity index (χ1n) is 7.55. The number of rotatable bonds is 2. The number of aryl methyl sites for hydroxylation is 1. The molecule has 5 heteroatoms. The molecular weight excluding hydrogens is 266 g/mol. The van der Waals surface area contributed by atoms with Crippen LogP contribution in [-0.2, 0) is 0 Å². The number of carbonyl (C=O) groups is 2. The Balaban J connectivity index is 1.55. The molecule has 5 nitrogen and oxygen atoms in total. The van der Waals surface area contributed by atoms with Gasteiger partial charge < -0.3 is 15.1 Å². The molecule has 0 spiro atoms. The second-order valence-electron chi connectivity index (χ2n) is 5.87. The summed E-state index contributed by atoms with van der Waals surface area (Å²) in [6.45, 7) is 4.40. The Labute approximate surface area is 124 Å². The van der Waals surface area contributed by atoms with Crippen molar-refractivity contribution in [2.75, 3.05) is 26.2 Å². The van der Waals surface area contributed by atoms with Crippen LogP contribution in [0.1, 0.15) is 28.8 Å². The lowest BCUT2D eigenvalue weighted by molar-refractivity contribution is 0.0664. The number of piperazine rings is 1. The standard InChI is InChI=1S/C16H21N3O2/c1-12-3-2-4-13(11-12)15(20)18-7-9-19(10-8-18)16(21)17-14-5-6-14/h2-4,11,14H,5-10H2,1H3,(H,17,21). The summed E-state index contributed by atoms with van der Waals surface area (Å²) >= 11 is 0. The van der Waals surface area contributed by atoms with Gasteiger partial charge in [0.15, 0.2) is 0 Å². The van der Waals surface area contributed by atoms with E-state index in [0.29, 0.717) is 32.2 Å². The molecule has 2 fully saturated rings. The summed E-state index contributed by atoms with van der Waals surface area (Å²) in [6, 6.07) is 8.04. The van der Waals surface area contributed by atoms with Crippen molar-refractivity contribution in [2.45, 2.75) is 25.8 Å². The van der Waals surface area contributed by atoms with Crippen LogP contribution in [0.15, 0.2) is 24.3 Å². The fourth-order valence-corrected chi connectivity index (χ4v) is 2.57. The van der Waals surface area contributed by atoms with Crippen LogP contribution >= 0.6 is 0 Å². The summed E-state index contributed by atoms with van der Waals surface area (Å²) in [5.41, 5.74) is 1.81. The molecule has 0 radical (unpaired) electrons. The predicted octanol–water partition coefficient (Wildman–Crippen LogP) is 1.62. The van der Waals surface area contributed by atoms with Crippen LogP contribution in [-0.4, -0.2) is 54.0 Å². The molecule has 112 valence electrons. The Morgan fingerprint density at radius 1 is 1.10 bits per heavy atom. The lowest BCUT2D eigenvalue weighted by Crippen LogP contribution is -2.53. The Bertz CT molecular complexity index is 546. The summed E-state index contributed by atoms with van der Waals surface area (Å²) in [4.78, 5) is 28.0. The number of benzene rings is 1. The number of hydrogen-bond acceptors (Lipinski definition) is 2. The topological polar surface area (TPSA) is 52.7 Å². The normalized spacial score (nSPS) is 18.5. The number of urea groups is 1. The van der Waals surface area contributed by atoms with Gasteiger partial charge in [-0.1, -0.05) is 17.7 Å². The minimum Gasteiger partial charge on any atom is -0.335 e. The van der Waals surface area contributed by atoms with Gasteiger partial charge in [-0.05, 0) is 31.9 Å². The zero-order valence-electron chi connectivity index (χ0n) is 12.3. The second kappa shape index (κ2) is 5.76. The third-order valence-electron chi connectivity index (χ3n) is 4.02. The average molecular weight is 287 g/mol. The highest BCUT2D eigenvalue weighted by atomic mass is 16.2. The van der Waals surface area contributed by atoms with E-state index in [2.05, 4.69) is 5.32 Å². The first kappa shape index (κ1) is 13.9. The van der Waals surface area contributed by atoms with Gasteiger partial charge >= 0.3 is 6.03 Å². The summed E-state index contributed by atoms with van der Waals surface area (Å²) < 4.78 is 0. The summed E-state index contributed by atoms with van der Waals surface area (Å²) in [5.74, 6) is 0.0564. The van der Waals surface area contributed by atoms with Crippen molar-refractivity contribution in [1.29, 1.82) is 0 Å². The van der Waals surface area contributed by atoms with Crippen molar-refractivity contribution < 1.29 is 9.59 Å². The molecule has 1 aliphatic carbocycles. The van der Waals surface area contributed by atoms with Crippen LogP contribution < -0.4 is 5.32 Å². The van der Waals surface area contributed by atoms with E-state index in [1.54, 1.807) is 4.90 Å². The third-order valence-corrected chi connectivity index (χ3v) is 4.02. The Kier molecular flexibility index (Phi) is 3.82. The quantitative estimate of drug-likeness (QED) is 0.898.